The van der Waals surface area contributed by atoms with Gasteiger partial charge in [-0.3, -0.25) is 14.4 Å². The molecule has 0 bridgehead atoms. The lowest BCUT2D eigenvalue weighted by atomic mass is 9.43. The topological polar surface area (TPSA) is 330 Å². The van der Waals surface area contributed by atoms with Crippen LogP contribution in [-0.2, 0) is 47.6 Å². The number of amides is 2. The molecule has 0 spiro atoms. The Morgan fingerprint density at radius 3 is 2.20 bits per heavy atom. The molecule has 79 heavy (non-hydrogen) atoms. The van der Waals surface area contributed by atoms with Crippen LogP contribution in [-0.4, -0.2) is 187 Å². The fraction of sp³-hybridized carbons (Fsp3) is 0.931. The van der Waals surface area contributed by atoms with Crippen molar-refractivity contribution >= 4 is 23.8 Å². The number of carboxylic acids is 2. The third-order valence-corrected chi connectivity index (χ3v) is 21.4. The molecule has 26 atom stereocenters. The Hall–Kier alpha value is -2.64. The molecule has 452 valence electrons. The molecule has 6 saturated carbocycles. The van der Waals surface area contributed by atoms with E-state index in [0.29, 0.717) is 32.1 Å². The molecule has 6 aliphatic carbocycles. The Morgan fingerprint density at radius 2 is 1.53 bits per heavy atom. The number of fused-ring (bicyclic) bond motifs is 5. The molecule has 8 fully saturated rings. The molecular formula is C58H96N2O19. The van der Waals surface area contributed by atoms with Crippen molar-refractivity contribution in [2.75, 3.05) is 19.8 Å². The third-order valence-electron chi connectivity index (χ3n) is 21.4. The number of ether oxygens (including phenoxy) is 6. The largest absolute Gasteiger partial charge is 0.481 e. The van der Waals surface area contributed by atoms with E-state index in [4.69, 9.17) is 28.4 Å². The molecule has 2 saturated heterocycles. The van der Waals surface area contributed by atoms with Crippen LogP contribution in [0.4, 0.5) is 0 Å². The zero-order valence-electron chi connectivity index (χ0n) is 47.4. The quantitative estimate of drug-likeness (QED) is 0.0736. The van der Waals surface area contributed by atoms with Crippen LogP contribution < -0.4 is 10.6 Å². The average Bonchev–Trinajstić information content (AvgIpc) is 4.08. The van der Waals surface area contributed by atoms with Crippen molar-refractivity contribution in [2.45, 2.75) is 255 Å². The van der Waals surface area contributed by atoms with Crippen molar-refractivity contribution in [1.29, 1.82) is 0 Å². The number of rotatable bonds is 21. The number of hydrogen-bond donors (Lipinski definition) is 11. The number of carboxylic acid groups (broad SMARTS) is 2. The molecule has 0 radical (unpaired) electrons. The van der Waals surface area contributed by atoms with Crippen molar-refractivity contribution in [1.82, 2.24) is 10.6 Å². The van der Waals surface area contributed by atoms with E-state index < -0.39 is 128 Å². The van der Waals surface area contributed by atoms with Gasteiger partial charge in [-0.05, 0) is 136 Å². The molecule has 0 aromatic heterocycles. The highest BCUT2D eigenvalue weighted by atomic mass is 16.7. The highest BCUT2D eigenvalue weighted by molar-refractivity contribution is 5.79. The van der Waals surface area contributed by atoms with Gasteiger partial charge in [-0.2, -0.15) is 0 Å². The lowest BCUT2D eigenvalue weighted by Gasteiger charge is -2.63. The van der Waals surface area contributed by atoms with Crippen LogP contribution in [0.15, 0.2) is 0 Å². The number of aliphatic hydroxyl groups excluding tert-OH is 7. The van der Waals surface area contributed by atoms with Gasteiger partial charge in [0.15, 0.2) is 18.7 Å². The van der Waals surface area contributed by atoms with E-state index in [1.165, 1.54) is 13.8 Å². The lowest BCUT2D eigenvalue weighted by molar-refractivity contribution is -0.338. The molecule has 0 aromatic carbocycles. The normalized spacial score (nSPS) is 45.3. The van der Waals surface area contributed by atoms with Gasteiger partial charge in [0.2, 0.25) is 11.8 Å². The fourth-order valence-corrected chi connectivity index (χ4v) is 16.9. The second-order valence-corrected chi connectivity index (χ2v) is 26.0. The van der Waals surface area contributed by atoms with E-state index in [1.54, 1.807) is 0 Å². The highest BCUT2D eigenvalue weighted by Gasteiger charge is 2.66. The zero-order valence-corrected chi connectivity index (χ0v) is 47.4. The number of aliphatic carboxylic acids is 2. The molecule has 2 amide bonds. The van der Waals surface area contributed by atoms with Crippen LogP contribution >= 0.6 is 0 Å². The first-order valence-corrected chi connectivity index (χ1v) is 30.1. The van der Waals surface area contributed by atoms with E-state index in [9.17, 15) is 65.1 Å². The second kappa shape index (κ2) is 26.5. The molecule has 2 heterocycles. The smallest absolute Gasteiger partial charge is 0.332 e. The monoisotopic (exact) mass is 1120 g/mol. The van der Waals surface area contributed by atoms with Crippen molar-refractivity contribution < 1.29 is 93.6 Å². The predicted molar refractivity (Wildman–Crippen MR) is 282 cm³/mol. The van der Waals surface area contributed by atoms with Crippen molar-refractivity contribution in [2.24, 2.45) is 64.1 Å². The van der Waals surface area contributed by atoms with E-state index in [1.807, 2.05) is 6.92 Å². The molecule has 21 heteroatoms. The molecule has 8 unspecified atom stereocenters. The standard InChI is InChI=1S/C58H96N2O19/c1-7-32-22-33(53(71)59-19-20-74-35-17-18-57(5)34(24-35)25-39(63)45-37-15-14-36(28(2)13-16-44(65)66)58(37,6)43(64)26-38(45)57)23-40(51(32)79-56-50(70)49(69)47(67)29(3)75-56)77-55-46(60-30(4)62)52(48(68)42(27-61)78-55)76-41(54(72)73)21-31-11-9-8-10-12-31/h28-29,31-43,45-52,55-56,61,63-64,67-70H,7-27H2,1-6H3,(H,59,71)(H,60,62)(H,65,66)(H,72,73)/t28-,29?,32?,33?,34+,35-,36-,37?,38+,39-,40-,41+,42-,43+,45+,46-,47?,48+,49?,50?,51-,52-,55+,56?,57+,58-/m1/s1. The predicted octanol–water partition coefficient (Wildman–Crippen LogP) is 3.01. The van der Waals surface area contributed by atoms with E-state index >= 15 is 0 Å². The van der Waals surface area contributed by atoms with Gasteiger partial charge in [0, 0.05) is 25.8 Å². The van der Waals surface area contributed by atoms with Crippen molar-refractivity contribution in [3.63, 3.8) is 0 Å². The molecule has 11 N–H and O–H groups in total. The molecule has 8 rings (SSSR count). The summed E-state index contributed by atoms with van der Waals surface area (Å²) in [5.41, 5.74) is -0.483. The van der Waals surface area contributed by atoms with Gasteiger partial charge >= 0.3 is 11.9 Å². The van der Waals surface area contributed by atoms with Crippen LogP contribution in [0.1, 0.15) is 157 Å². The molecule has 0 aromatic rings. The summed E-state index contributed by atoms with van der Waals surface area (Å²) in [5.74, 6) is -3.09. The van der Waals surface area contributed by atoms with Crippen LogP contribution in [0, 0.1) is 64.1 Å². The summed E-state index contributed by atoms with van der Waals surface area (Å²) < 4.78 is 38.1. The summed E-state index contributed by atoms with van der Waals surface area (Å²) in [6.45, 7) is 11.0. The van der Waals surface area contributed by atoms with Crippen molar-refractivity contribution in [3.8, 4) is 0 Å². The van der Waals surface area contributed by atoms with Crippen molar-refractivity contribution in [3.05, 3.63) is 0 Å². The summed E-state index contributed by atoms with van der Waals surface area (Å²) in [6.07, 6.45) is -5.78. The van der Waals surface area contributed by atoms with E-state index in [0.717, 1.165) is 64.2 Å². The van der Waals surface area contributed by atoms with Gasteiger partial charge in [0.25, 0.3) is 0 Å². The average molecular weight is 1130 g/mol. The Kier molecular flexibility index (Phi) is 20.9. The van der Waals surface area contributed by atoms with Gasteiger partial charge < -0.3 is 85.0 Å². The zero-order chi connectivity index (χ0) is 57.2. The number of nitrogens with one attached hydrogen (secondary N) is 2. The van der Waals surface area contributed by atoms with Crippen LogP contribution in [0.2, 0.25) is 0 Å². The minimum absolute atomic E-state index is 0.00778. The molecular weight excluding hydrogens is 1030 g/mol. The Balaban J connectivity index is 0.932. The summed E-state index contributed by atoms with van der Waals surface area (Å²) in [6, 6.07) is -1.32. The summed E-state index contributed by atoms with van der Waals surface area (Å²) in [7, 11) is 0. The highest BCUT2D eigenvalue weighted by Crippen LogP contribution is 2.68. The lowest BCUT2D eigenvalue weighted by Crippen LogP contribution is -2.67. The fourth-order valence-electron chi connectivity index (χ4n) is 16.9. The number of carbonyl (C=O) groups excluding carboxylic acids is 2. The third kappa shape index (κ3) is 13.3. The van der Waals surface area contributed by atoms with Gasteiger partial charge in [-0.1, -0.05) is 66.2 Å². The van der Waals surface area contributed by atoms with E-state index in [2.05, 4.69) is 31.4 Å². The first-order chi connectivity index (χ1) is 37.5. The number of carbonyl (C=O) groups is 4. The first kappa shape index (κ1) is 62.4. The van der Waals surface area contributed by atoms with E-state index in [-0.39, 0.29) is 96.7 Å². The maximum absolute atomic E-state index is 14.3. The summed E-state index contributed by atoms with van der Waals surface area (Å²) in [4.78, 5) is 51.4. The van der Waals surface area contributed by atoms with Gasteiger partial charge in [0.05, 0.1) is 49.8 Å². The summed E-state index contributed by atoms with van der Waals surface area (Å²) in [5, 5.41) is 104. The Morgan fingerprint density at radius 1 is 0.797 bits per heavy atom. The number of aliphatic hydroxyl groups is 7. The second-order valence-electron chi connectivity index (χ2n) is 26.0. The maximum Gasteiger partial charge on any atom is 0.332 e. The SMILES string of the molecule is CCC1CC(C(=O)NCCO[C@@H]2CC[C@@]3(C)[C@@H](C2)C[C@@H](O)[C@H]2C4CC[C@H]([C@H](C)CCC(=O)O)[C@@]4(C)[C@@H](O)C[C@@H]23)C[C@@H](O[C@H]2O[C@H](CO)[C@H](O)[C@H](O[C@@H](CC3CCCCC3)C(=O)O)[C@H]2NC(C)=O)[C@@H]1OC1OC(C)C(O)C(O)C1O. The van der Waals surface area contributed by atoms with Gasteiger partial charge in [-0.15, -0.1) is 0 Å². The minimum atomic E-state index is -1.67. The number of hydrogen-bond acceptors (Lipinski definition) is 17. The Labute approximate surface area is 465 Å². The van der Waals surface area contributed by atoms with Crippen LogP contribution in [0.5, 0.6) is 0 Å². The molecule has 2 aliphatic heterocycles. The Bertz CT molecular complexity index is 2050. The summed E-state index contributed by atoms with van der Waals surface area (Å²) >= 11 is 0. The first-order valence-electron chi connectivity index (χ1n) is 30.1. The van der Waals surface area contributed by atoms with Gasteiger partial charge in [0.1, 0.15) is 42.7 Å². The molecule has 21 nitrogen and oxygen atoms in total. The van der Waals surface area contributed by atoms with Crippen LogP contribution in [0.3, 0.4) is 0 Å². The maximum atomic E-state index is 14.3. The molecule has 8 aliphatic rings. The van der Waals surface area contributed by atoms with Crippen LogP contribution in [0.25, 0.3) is 0 Å². The van der Waals surface area contributed by atoms with Gasteiger partial charge in [-0.25, -0.2) is 4.79 Å². The minimum Gasteiger partial charge on any atom is -0.481 e.